The van der Waals surface area contributed by atoms with Crippen molar-refractivity contribution in [2.45, 2.75) is 12.3 Å². The fraction of sp³-hybridized carbons (Fsp3) is 0.320. The maximum Gasteiger partial charge on any atom is 0.236 e. The first-order chi connectivity index (χ1) is 16.3. The second-order valence-corrected chi connectivity index (χ2v) is 8.25. The lowest BCUT2D eigenvalue weighted by atomic mass is 9.90. The number of nitrogens with zero attached hydrogens (tertiary/aromatic N) is 5. The maximum atomic E-state index is 5.95. The van der Waals surface area contributed by atoms with E-state index in [1.165, 1.54) is 0 Å². The topological polar surface area (TPSA) is 74.0 Å². The second kappa shape index (κ2) is 8.37. The monoisotopic (exact) mass is 443 g/mol. The zero-order valence-electron chi connectivity index (χ0n) is 18.5. The molecule has 4 aromatic rings. The molecule has 1 aromatic carbocycles. The highest BCUT2D eigenvalue weighted by Gasteiger charge is 2.30. The number of hydrogen-bond acceptors (Lipinski definition) is 7. The zero-order chi connectivity index (χ0) is 22.2. The Balaban J connectivity index is 1.39. The van der Waals surface area contributed by atoms with Crippen molar-refractivity contribution in [3.8, 4) is 22.8 Å². The van der Waals surface area contributed by atoms with Gasteiger partial charge < -0.3 is 19.1 Å². The molecule has 6 rings (SSSR count). The minimum atomic E-state index is 0.134. The molecule has 0 N–H and O–H groups in total. The number of aromatic nitrogens is 4. The van der Waals surface area contributed by atoms with E-state index in [-0.39, 0.29) is 5.92 Å². The molecule has 1 saturated heterocycles. The van der Waals surface area contributed by atoms with Crippen LogP contribution in [-0.2, 0) is 4.74 Å². The number of para-hydroxylation sites is 1. The van der Waals surface area contributed by atoms with Crippen LogP contribution in [0.15, 0.2) is 55.0 Å². The van der Waals surface area contributed by atoms with Crippen molar-refractivity contribution in [1.82, 2.24) is 19.4 Å². The minimum Gasteiger partial charge on any atom is -0.496 e. The van der Waals surface area contributed by atoms with E-state index >= 15 is 0 Å². The lowest BCUT2D eigenvalue weighted by molar-refractivity contribution is 0.122. The summed E-state index contributed by atoms with van der Waals surface area (Å²) in [6, 6.07) is 12.3. The van der Waals surface area contributed by atoms with E-state index in [1.807, 2.05) is 30.6 Å². The van der Waals surface area contributed by atoms with Gasteiger partial charge in [0.1, 0.15) is 11.4 Å². The highest BCUT2D eigenvalue weighted by atomic mass is 16.5. The van der Waals surface area contributed by atoms with Gasteiger partial charge in [-0.05, 0) is 24.6 Å². The van der Waals surface area contributed by atoms with Gasteiger partial charge >= 0.3 is 0 Å². The lowest BCUT2D eigenvalue weighted by Gasteiger charge is -2.26. The van der Waals surface area contributed by atoms with Crippen LogP contribution >= 0.6 is 0 Å². The molecule has 0 aliphatic carbocycles. The van der Waals surface area contributed by atoms with Crippen LogP contribution in [0.2, 0.25) is 0 Å². The number of imidazole rings is 1. The van der Waals surface area contributed by atoms with Crippen LogP contribution < -0.4 is 14.4 Å². The van der Waals surface area contributed by atoms with E-state index in [0.29, 0.717) is 25.7 Å². The Bertz CT molecular complexity index is 1280. The molecule has 0 bridgehead atoms. The SMILES string of the molecule is COc1ccccc1C1CCOc2nc3ccc(-c4cnc(N5CCOCC5)nc4)cn3c21. The molecule has 5 heterocycles. The van der Waals surface area contributed by atoms with Crippen LogP contribution in [-0.4, -0.2) is 59.4 Å². The smallest absolute Gasteiger partial charge is 0.236 e. The first kappa shape index (κ1) is 20.0. The molecule has 2 aliphatic rings. The Kier molecular flexibility index (Phi) is 5.07. The molecule has 2 aliphatic heterocycles. The molecule has 0 radical (unpaired) electrons. The first-order valence-corrected chi connectivity index (χ1v) is 11.2. The van der Waals surface area contributed by atoms with E-state index in [4.69, 9.17) is 19.2 Å². The summed E-state index contributed by atoms with van der Waals surface area (Å²) in [4.78, 5) is 16.1. The van der Waals surface area contributed by atoms with E-state index in [9.17, 15) is 0 Å². The van der Waals surface area contributed by atoms with E-state index in [2.05, 4.69) is 43.7 Å². The molecule has 8 nitrogen and oxygen atoms in total. The normalized spacial score (nSPS) is 18.1. The molecule has 3 aromatic heterocycles. The van der Waals surface area contributed by atoms with Crippen LogP contribution in [0.1, 0.15) is 23.6 Å². The third-order valence-corrected chi connectivity index (χ3v) is 6.38. The standard InChI is InChI=1S/C25H25N5O3/c1-31-21-5-3-2-4-19(21)20-8-11-33-24-23(20)30-16-17(6-7-22(30)28-24)18-14-26-25(27-15-18)29-9-12-32-13-10-29/h2-7,14-16,20H,8-13H2,1H3. The van der Waals surface area contributed by atoms with Crippen molar-refractivity contribution in [3.05, 3.63) is 66.2 Å². The molecule has 1 fully saturated rings. The van der Waals surface area contributed by atoms with Gasteiger partial charge in [-0.2, -0.15) is 4.98 Å². The quantitative estimate of drug-likeness (QED) is 0.478. The largest absolute Gasteiger partial charge is 0.496 e. The van der Waals surface area contributed by atoms with Crippen LogP contribution in [0.25, 0.3) is 16.8 Å². The third kappa shape index (κ3) is 3.56. The summed E-state index contributed by atoms with van der Waals surface area (Å²) in [6.07, 6.45) is 6.74. The Morgan fingerprint density at radius 2 is 1.79 bits per heavy atom. The van der Waals surface area contributed by atoms with Gasteiger partial charge in [0, 0.05) is 54.3 Å². The van der Waals surface area contributed by atoms with Crippen molar-refractivity contribution in [3.63, 3.8) is 0 Å². The van der Waals surface area contributed by atoms with Crippen molar-refractivity contribution in [2.24, 2.45) is 0 Å². The van der Waals surface area contributed by atoms with Crippen molar-refractivity contribution in [1.29, 1.82) is 0 Å². The fourth-order valence-corrected chi connectivity index (χ4v) is 4.70. The number of benzene rings is 1. The number of ether oxygens (including phenoxy) is 3. The molecule has 0 saturated carbocycles. The molecule has 0 spiro atoms. The molecule has 0 amide bonds. The molecule has 1 unspecified atom stereocenters. The van der Waals surface area contributed by atoms with E-state index in [0.717, 1.165) is 59.2 Å². The number of anilines is 1. The zero-order valence-corrected chi connectivity index (χ0v) is 18.5. The second-order valence-electron chi connectivity index (χ2n) is 8.25. The van der Waals surface area contributed by atoms with Crippen LogP contribution in [0.4, 0.5) is 5.95 Å². The molecule has 8 heteroatoms. The molecular formula is C25H25N5O3. The van der Waals surface area contributed by atoms with Crippen LogP contribution in [0.3, 0.4) is 0 Å². The molecule has 168 valence electrons. The Morgan fingerprint density at radius 3 is 2.61 bits per heavy atom. The summed E-state index contributed by atoms with van der Waals surface area (Å²) in [6.45, 7) is 3.68. The van der Waals surface area contributed by atoms with Gasteiger partial charge in [-0.25, -0.2) is 9.97 Å². The van der Waals surface area contributed by atoms with Crippen molar-refractivity contribution in [2.75, 3.05) is 44.9 Å². The fourth-order valence-electron chi connectivity index (χ4n) is 4.70. The predicted octanol–water partition coefficient (Wildman–Crippen LogP) is 3.55. The molecule has 1 atom stereocenters. The Morgan fingerprint density at radius 1 is 0.970 bits per heavy atom. The van der Waals surface area contributed by atoms with Gasteiger partial charge in [0.2, 0.25) is 11.8 Å². The molecular weight excluding hydrogens is 418 g/mol. The molecule has 33 heavy (non-hydrogen) atoms. The summed E-state index contributed by atoms with van der Waals surface area (Å²) in [5, 5.41) is 0. The average molecular weight is 444 g/mol. The van der Waals surface area contributed by atoms with E-state index < -0.39 is 0 Å². The maximum absolute atomic E-state index is 5.95. The van der Waals surface area contributed by atoms with Crippen LogP contribution in [0.5, 0.6) is 11.6 Å². The van der Waals surface area contributed by atoms with Crippen molar-refractivity contribution >= 4 is 11.6 Å². The number of methoxy groups -OCH3 is 1. The third-order valence-electron chi connectivity index (χ3n) is 6.38. The number of rotatable bonds is 4. The Labute approximate surface area is 191 Å². The summed E-state index contributed by atoms with van der Waals surface area (Å²) >= 11 is 0. The van der Waals surface area contributed by atoms with Gasteiger partial charge in [0.25, 0.3) is 0 Å². The van der Waals surface area contributed by atoms with Gasteiger partial charge in [-0.1, -0.05) is 18.2 Å². The minimum absolute atomic E-state index is 0.134. The van der Waals surface area contributed by atoms with Crippen LogP contribution in [0, 0.1) is 0 Å². The highest BCUT2D eigenvalue weighted by Crippen LogP contribution is 2.42. The number of hydrogen-bond donors (Lipinski definition) is 0. The van der Waals surface area contributed by atoms with Gasteiger partial charge in [-0.3, -0.25) is 4.40 Å². The summed E-state index contributed by atoms with van der Waals surface area (Å²) in [7, 11) is 1.71. The first-order valence-electron chi connectivity index (χ1n) is 11.2. The lowest BCUT2D eigenvalue weighted by Crippen LogP contribution is -2.37. The van der Waals surface area contributed by atoms with E-state index in [1.54, 1.807) is 7.11 Å². The number of pyridine rings is 1. The summed E-state index contributed by atoms with van der Waals surface area (Å²) < 4.78 is 19.2. The Hall–Kier alpha value is -3.65. The van der Waals surface area contributed by atoms with Gasteiger partial charge in [0.15, 0.2) is 0 Å². The summed E-state index contributed by atoms with van der Waals surface area (Å²) in [5.41, 5.74) is 5.04. The highest BCUT2D eigenvalue weighted by molar-refractivity contribution is 5.65. The number of morpholine rings is 1. The number of fused-ring (bicyclic) bond motifs is 3. The summed E-state index contributed by atoms with van der Waals surface area (Å²) in [5.74, 6) is 2.45. The average Bonchev–Trinajstić information content (AvgIpc) is 3.27. The van der Waals surface area contributed by atoms with Gasteiger partial charge in [0.05, 0.1) is 32.6 Å². The van der Waals surface area contributed by atoms with Gasteiger partial charge in [-0.15, -0.1) is 0 Å². The van der Waals surface area contributed by atoms with Crippen molar-refractivity contribution < 1.29 is 14.2 Å². The predicted molar refractivity (Wildman–Crippen MR) is 124 cm³/mol.